The van der Waals surface area contributed by atoms with Gasteiger partial charge in [-0.15, -0.1) is 0 Å². The molecular weight excluding hydrogens is 256 g/mol. The van der Waals surface area contributed by atoms with Gasteiger partial charge in [0.05, 0.1) is 0 Å². The number of hydrogen-bond acceptors (Lipinski definition) is 1. The number of allylic oxidation sites excluding steroid dienone is 2. The minimum atomic E-state index is 0.579. The first-order valence-corrected chi connectivity index (χ1v) is 8.30. The summed E-state index contributed by atoms with van der Waals surface area (Å²) in [6, 6.07) is 9.17. The Morgan fingerprint density at radius 2 is 2.19 bits per heavy atom. The molecule has 2 N–H and O–H groups in total. The second kappa shape index (κ2) is 6.95. The Kier molecular flexibility index (Phi) is 4.76. The second-order valence-corrected chi connectivity index (χ2v) is 6.23. The van der Waals surface area contributed by atoms with E-state index >= 15 is 0 Å². The highest BCUT2D eigenvalue weighted by atomic mass is 14.9. The molecule has 1 aromatic heterocycles. The highest BCUT2D eigenvalue weighted by molar-refractivity contribution is 5.83. The highest BCUT2D eigenvalue weighted by Gasteiger charge is 2.14. The van der Waals surface area contributed by atoms with E-state index in [9.17, 15) is 0 Å². The lowest BCUT2D eigenvalue weighted by molar-refractivity contribution is 0.394. The Labute approximate surface area is 127 Å². The molecule has 0 fully saturated rings. The van der Waals surface area contributed by atoms with Gasteiger partial charge in [-0.25, -0.2) is 0 Å². The summed E-state index contributed by atoms with van der Waals surface area (Å²) >= 11 is 0. The largest absolute Gasteiger partial charge is 0.361 e. The first kappa shape index (κ1) is 14.4. The molecule has 1 heterocycles. The fourth-order valence-corrected chi connectivity index (χ4v) is 3.30. The van der Waals surface area contributed by atoms with Gasteiger partial charge in [0.2, 0.25) is 0 Å². The van der Waals surface area contributed by atoms with E-state index in [1.807, 2.05) is 0 Å². The predicted molar refractivity (Wildman–Crippen MR) is 90.6 cm³/mol. The summed E-state index contributed by atoms with van der Waals surface area (Å²) < 4.78 is 0. The highest BCUT2D eigenvalue weighted by Crippen LogP contribution is 2.21. The maximum Gasteiger partial charge on any atom is 0.0456 e. The van der Waals surface area contributed by atoms with Gasteiger partial charge in [0.15, 0.2) is 0 Å². The molecule has 3 rings (SSSR count). The summed E-state index contributed by atoms with van der Waals surface area (Å²) in [6.07, 6.45) is 13.0. The van der Waals surface area contributed by atoms with E-state index in [0.717, 1.165) is 18.9 Å². The summed E-state index contributed by atoms with van der Waals surface area (Å²) in [5.74, 6) is 0.826. The molecule has 112 valence electrons. The Morgan fingerprint density at radius 3 is 3.00 bits per heavy atom. The zero-order chi connectivity index (χ0) is 14.5. The van der Waals surface area contributed by atoms with Crippen LogP contribution in [0.1, 0.15) is 38.2 Å². The minimum absolute atomic E-state index is 0.579. The molecule has 0 amide bonds. The van der Waals surface area contributed by atoms with Gasteiger partial charge in [-0.1, -0.05) is 37.3 Å². The number of hydrogen-bond donors (Lipinski definition) is 2. The predicted octanol–water partition coefficient (Wildman–Crippen LogP) is 4.43. The topological polar surface area (TPSA) is 27.8 Å². The Balaban J connectivity index is 1.60. The Bertz CT molecular complexity index is 596. The van der Waals surface area contributed by atoms with Crippen molar-refractivity contribution in [1.29, 1.82) is 0 Å². The smallest absolute Gasteiger partial charge is 0.0456 e. The average Bonchev–Trinajstić information content (AvgIpc) is 2.95. The molecule has 1 aromatic carbocycles. The third kappa shape index (κ3) is 3.56. The second-order valence-electron chi connectivity index (χ2n) is 6.23. The fraction of sp³-hybridized carbons (Fsp3) is 0.474. The molecule has 2 unspecified atom stereocenters. The standard InChI is InChI=1S/C19H26N2/c1-2-17(20-13-15-8-4-3-5-9-15)12-16-14-21-19-11-7-6-10-18(16)19/h3-4,6-7,10-11,14-15,17,20-21H,2,5,8-9,12-13H2,1H3. The number of H-pyrrole nitrogens is 1. The van der Waals surface area contributed by atoms with Crippen LogP contribution in [-0.4, -0.2) is 17.6 Å². The van der Waals surface area contributed by atoms with E-state index in [1.165, 1.54) is 42.1 Å². The van der Waals surface area contributed by atoms with E-state index in [0.29, 0.717) is 6.04 Å². The minimum Gasteiger partial charge on any atom is -0.361 e. The zero-order valence-electron chi connectivity index (χ0n) is 12.9. The summed E-state index contributed by atoms with van der Waals surface area (Å²) in [6.45, 7) is 3.44. The van der Waals surface area contributed by atoms with Crippen LogP contribution >= 0.6 is 0 Å². The van der Waals surface area contributed by atoms with E-state index in [2.05, 4.69) is 59.8 Å². The van der Waals surface area contributed by atoms with Gasteiger partial charge in [-0.2, -0.15) is 0 Å². The first-order valence-electron chi connectivity index (χ1n) is 8.30. The van der Waals surface area contributed by atoms with Crippen LogP contribution in [0.5, 0.6) is 0 Å². The fourth-order valence-electron chi connectivity index (χ4n) is 3.30. The maximum atomic E-state index is 3.79. The maximum absolute atomic E-state index is 3.79. The van der Waals surface area contributed by atoms with Crippen LogP contribution in [-0.2, 0) is 6.42 Å². The van der Waals surface area contributed by atoms with Crippen molar-refractivity contribution in [3.05, 3.63) is 48.2 Å². The summed E-state index contributed by atoms with van der Waals surface area (Å²) in [5, 5.41) is 5.17. The molecule has 0 saturated carbocycles. The van der Waals surface area contributed by atoms with Crippen LogP contribution in [0.25, 0.3) is 10.9 Å². The average molecular weight is 282 g/mol. The third-order valence-corrected chi connectivity index (χ3v) is 4.71. The molecule has 2 aromatic rings. The summed E-state index contributed by atoms with van der Waals surface area (Å²) in [4.78, 5) is 3.39. The monoisotopic (exact) mass is 282 g/mol. The molecule has 2 nitrogen and oxygen atoms in total. The van der Waals surface area contributed by atoms with E-state index in [4.69, 9.17) is 0 Å². The van der Waals surface area contributed by atoms with Crippen LogP contribution in [0.2, 0.25) is 0 Å². The van der Waals surface area contributed by atoms with Crippen molar-refractivity contribution in [2.75, 3.05) is 6.54 Å². The molecule has 1 aliphatic rings. The van der Waals surface area contributed by atoms with Gasteiger partial charge in [0.25, 0.3) is 0 Å². The van der Waals surface area contributed by atoms with Crippen LogP contribution < -0.4 is 5.32 Å². The van der Waals surface area contributed by atoms with Crippen molar-refractivity contribution in [1.82, 2.24) is 10.3 Å². The van der Waals surface area contributed by atoms with Crippen molar-refractivity contribution >= 4 is 10.9 Å². The van der Waals surface area contributed by atoms with Crippen LogP contribution in [0.15, 0.2) is 42.6 Å². The van der Waals surface area contributed by atoms with Crippen molar-refractivity contribution in [2.45, 2.75) is 45.1 Å². The normalized spacial score (nSPS) is 20.0. The summed E-state index contributed by atoms with van der Waals surface area (Å²) in [7, 11) is 0. The van der Waals surface area contributed by atoms with E-state index in [-0.39, 0.29) is 0 Å². The van der Waals surface area contributed by atoms with E-state index in [1.54, 1.807) is 0 Å². The van der Waals surface area contributed by atoms with Crippen molar-refractivity contribution in [3.8, 4) is 0 Å². The molecule has 1 aliphatic carbocycles. The van der Waals surface area contributed by atoms with Crippen molar-refractivity contribution in [2.24, 2.45) is 5.92 Å². The third-order valence-electron chi connectivity index (χ3n) is 4.71. The molecule has 0 saturated heterocycles. The molecule has 21 heavy (non-hydrogen) atoms. The molecule has 0 spiro atoms. The quantitative estimate of drug-likeness (QED) is 0.753. The number of aromatic nitrogens is 1. The first-order chi connectivity index (χ1) is 10.4. The number of aromatic amines is 1. The van der Waals surface area contributed by atoms with E-state index < -0.39 is 0 Å². The van der Waals surface area contributed by atoms with Gasteiger partial charge < -0.3 is 10.3 Å². The number of fused-ring (bicyclic) bond motifs is 1. The lowest BCUT2D eigenvalue weighted by atomic mass is 9.93. The summed E-state index contributed by atoms with van der Waals surface area (Å²) in [5.41, 5.74) is 2.69. The van der Waals surface area contributed by atoms with Crippen molar-refractivity contribution < 1.29 is 0 Å². The number of nitrogens with one attached hydrogen (secondary N) is 2. The lowest BCUT2D eigenvalue weighted by Crippen LogP contribution is -2.34. The molecular formula is C19H26N2. The van der Waals surface area contributed by atoms with Gasteiger partial charge in [-0.3, -0.25) is 0 Å². The number of rotatable bonds is 6. The SMILES string of the molecule is CCC(Cc1c[nH]c2ccccc12)NCC1CC=CCC1. The van der Waals surface area contributed by atoms with Crippen LogP contribution in [0, 0.1) is 5.92 Å². The molecule has 0 bridgehead atoms. The van der Waals surface area contributed by atoms with Gasteiger partial charge in [-0.05, 0) is 56.2 Å². The van der Waals surface area contributed by atoms with Crippen LogP contribution in [0.3, 0.4) is 0 Å². The van der Waals surface area contributed by atoms with Gasteiger partial charge in [0.1, 0.15) is 0 Å². The molecule has 0 aliphatic heterocycles. The Hall–Kier alpha value is -1.54. The van der Waals surface area contributed by atoms with Crippen LogP contribution in [0.4, 0.5) is 0 Å². The molecule has 2 atom stereocenters. The van der Waals surface area contributed by atoms with Crippen molar-refractivity contribution in [3.63, 3.8) is 0 Å². The lowest BCUT2D eigenvalue weighted by Gasteiger charge is -2.23. The number of para-hydroxylation sites is 1. The molecule has 0 radical (unpaired) electrons. The Morgan fingerprint density at radius 1 is 1.29 bits per heavy atom. The van der Waals surface area contributed by atoms with Gasteiger partial charge in [0, 0.05) is 23.1 Å². The number of benzene rings is 1. The molecule has 2 heteroatoms. The van der Waals surface area contributed by atoms with Gasteiger partial charge >= 0.3 is 0 Å². The zero-order valence-corrected chi connectivity index (χ0v) is 12.9.